The predicted molar refractivity (Wildman–Crippen MR) is 164 cm³/mol. The molecule has 1 unspecified atom stereocenters. The van der Waals surface area contributed by atoms with E-state index in [2.05, 4.69) is 43.9 Å². The van der Waals surface area contributed by atoms with E-state index in [0.717, 1.165) is 50.4 Å². The van der Waals surface area contributed by atoms with Crippen molar-refractivity contribution < 1.29 is 14.4 Å². The van der Waals surface area contributed by atoms with Gasteiger partial charge in [0, 0.05) is 44.7 Å². The topological polar surface area (TPSA) is 95.1 Å². The Balaban J connectivity index is 1.43. The standard InChI is InChI=1S/C29H33Cl2N7O3/c1-4-29(39)35-22-15-23(26(40-3)16-25(22)37-11-9-36(5-2)10-12-37)34-27-17-28(33-18-32-27)38-24(8-13-41-38)19-6-7-20(30)21(31)14-19/h4,6-7,14-18,24H,1,5,8-13H2,2-3H3,(H,35,39)(H,32,33,34). The van der Waals surface area contributed by atoms with Crippen LogP contribution in [0.3, 0.4) is 0 Å². The number of hydrogen-bond acceptors (Lipinski definition) is 9. The highest BCUT2D eigenvalue weighted by atomic mass is 35.5. The first-order valence-corrected chi connectivity index (χ1v) is 14.2. The minimum atomic E-state index is -0.293. The van der Waals surface area contributed by atoms with Crippen LogP contribution in [0.4, 0.5) is 28.7 Å². The zero-order chi connectivity index (χ0) is 28.9. The smallest absolute Gasteiger partial charge is 0.247 e. The van der Waals surface area contributed by atoms with Crippen LogP contribution in [0.1, 0.15) is 24.9 Å². The number of nitrogens with zero attached hydrogens (tertiary/aromatic N) is 5. The van der Waals surface area contributed by atoms with Gasteiger partial charge < -0.3 is 25.2 Å². The molecule has 41 heavy (non-hydrogen) atoms. The van der Waals surface area contributed by atoms with Crippen molar-refractivity contribution in [2.75, 3.05) is 67.0 Å². The Hall–Kier alpha value is -3.57. The number of carbonyl (C=O) groups is 1. The first kappa shape index (κ1) is 28.9. The molecule has 1 aromatic heterocycles. The SMILES string of the molecule is C=CC(=O)Nc1cc(Nc2cc(N3OCCC3c3ccc(Cl)c(Cl)c3)ncn2)c(OC)cc1N1CCN(CC)CC1. The van der Waals surface area contributed by atoms with Gasteiger partial charge in [-0.25, -0.2) is 15.0 Å². The maximum Gasteiger partial charge on any atom is 0.247 e. The van der Waals surface area contributed by atoms with E-state index in [4.69, 9.17) is 32.8 Å². The molecule has 216 valence electrons. The summed E-state index contributed by atoms with van der Waals surface area (Å²) in [5.41, 5.74) is 3.15. The molecule has 2 aromatic carbocycles. The Bertz CT molecular complexity index is 1420. The Kier molecular flexibility index (Phi) is 9.14. The molecular formula is C29H33Cl2N7O3. The molecule has 12 heteroatoms. The number of aromatic nitrogens is 2. The maximum absolute atomic E-state index is 12.4. The van der Waals surface area contributed by atoms with Gasteiger partial charge in [-0.3, -0.25) is 9.63 Å². The molecular weight excluding hydrogens is 565 g/mol. The summed E-state index contributed by atoms with van der Waals surface area (Å²) in [7, 11) is 1.62. The predicted octanol–water partition coefficient (Wildman–Crippen LogP) is 5.69. The van der Waals surface area contributed by atoms with Crippen molar-refractivity contribution in [2.45, 2.75) is 19.4 Å². The fourth-order valence-electron chi connectivity index (χ4n) is 5.08. The number of rotatable bonds is 9. The average Bonchev–Trinajstić information content (AvgIpc) is 3.49. The number of halogens is 2. The summed E-state index contributed by atoms with van der Waals surface area (Å²) in [6.45, 7) is 10.9. The van der Waals surface area contributed by atoms with Crippen LogP contribution in [-0.4, -0.2) is 67.2 Å². The van der Waals surface area contributed by atoms with Crippen LogP contribution in [0.2, 0.25) is 10.0 Å². The van der Waals surface area contributed by atoms with Gasteiger partial charge in [0.05, 0.1) is 46.9 Å². The van der Waals surface area contributed by atoms with Crippen molar-refractivity contribution in [3.63, 3.8) is 0 Å². The normalized spacial score (nSPS) is 17.4. The molecule has 0 aliphatic carbocycles. The third-order valence-corrected chi connectivity index (χ3v) is 8.03. The summed E-state index contributed by atoms with van der Waals surface area (Å²) in [4.78, 5) is 31.8. The first-order valence-electron chi connectivity index (χ1n) is 13.5. The number of amides is 1. The lowest BCUT2D eigenvalue weighted by molar-refractivity contribution is -0.111. The Labute approximate surface area is 249 Å². The van der Waals surface area contributed by atoms with E-state index in [1.54, 1.807) is 24.3 Å². The van der Waals surface area contributed by atoms with Crippen LogP contribution in [0.15, 0.2) is 55.4 Å². The molecule has 1 atom stereocenters. The molecule has 3 heterocycles. The molecule has 2 N–H and O–H groups in total. The van der Waals surface area contributed by atoms with Gasteiger partial charge in [0.2, 0.25) is 5.91 Å². The highest BCUT2D eigenvalue weighted by Gasteiger charge is 2.30. The van der Waals surface area contributed by atoms with Crippen molar-refractivity contribution in [3.05, 3.63) is 71.0 Å². The number of hydroxylamine groups is 1. The van der Waals surface area contributed by atoms with Crippen LogP contribution in [0.25, 0.3) is 0 Å². The molecule has 1 amide bonds. The second kappa shape index (κ2) is 12.9. The monoisotopic (exact) mass is 597 g/mol. The minimum absolute atomic E-state index is 0.0878. The number of carbonyl (C=O) groups excluding carboxylic acids is 1. The zero-order valence-electron chi connectivity index (χ0n) is 23.1. The summed E-state index contributed by atoms with van der Waals surface area (Å²) < 4.78 is 5.77. The molecule has 10 nitrogen and oxygen atoms in total. The Morgan fingerprint density at radius 3 is 2.63 bits per heavy atom. The van der Waals surface area contributed by atoms with E-state index < -0.39 is 0 Å². The van der Waals surface area contributed by atoms with Crippen LogP contribution in [-0.2, 0) is 9.63 Å². The van der Waals surface area contributed by atoms with E-state index >= 15 is 0 Å². The fourth-order valence-corrected chi connectivity index (χ4v) is 5.38. The molecule has 2 aliphatic rings. The molecule has 0 bridgehead atoms. The Morgan fingerprint density at radius 1 is 1.12 bits per heavy atom. The number of methoxy groups -OCH3 is 1. The molecule has 2 fully saturated rings. The van der Waals surface area contributed by atoms with E-state index in [1.165, 1.54) is 12.4 Å². The molecule has 2 aliphatic heterocycles. The third kappa shape index (κ3) is 6.51. The fraction of sp³-hybridized carbons (Fsp3) is 0.345. The summed E-state index contributed by atoms with van der Waals surface area (Å²) in [5.74, 6) is 1.43. The third-order valence-electron chi connectivity index (χ3n) is 7.30. The lowest BCUT2D eigenvalue weighted by Crippen LogP contribution is -2.46. The van der Waals surface area contributed by atoms with Crippen molar-refractivity contribution in [1.29, 1.82) is 0 Å². The van der Waals surface area contributed by atoms with Crippen molar-refractivity contribution >= 4 is 57.8 Å². The lowest BCUT2D eigenvalue weighted by Gasteiger charge is -2.36. The van der Waals surface area contributed by atoms with Gasteiger partial charge >= 0.3 is 0 Å². The number of ether oxygens (including phenoxy) is 1. The number of likely N-dealkylation sites (N-methyl/N-ethyl adjacent to an activating group) is 1. The second-order valence-corrected chi connectivity index (χ2v) is 10.5. The van der Waals surface area contributed by atoms with Gasteiger partial charge in [0.15, 0.2) is 5.82 Å². The quantitative estimate of drug-likeness (QED) is 0.302. The van der Waals surface area contributed by atoms with Gasteiger partial charge in [-0.05, 0) is 36.4 Å². The second-order valence-electron chi connectivity index (χ2n) is 9.71. The lowest BCUT2D eigenvalue weighted by atomic mass is 10.0. The highest BCUT2D eigenvalue weighted by Crippen LogP contribution is 2.40. The number of benzene rings is 2. The largest absolute Gasteiger partial charge is 0.494 e. The van der Waals surface area contributed by atoms with Crippen LogP contribution in [0.5, 0.6) is 5.75 Å². The van der Waals surface area contributed by atoms with Crippen molar-refractivity contribution in [2.24, 2.45) is 0 Å². The van der Waals surface area contributed by atoms with Crippen LogP contribution in [0, 0.1) is 0 Å². The number of hydrogen-bond donors (Lipinski definition) is 2. The van der Waals surface area contributed by atoms with Gasteiger partial charge in [0.1, 0.15) is 17.9 Å². The van der Waals surface area contributed by atoms with Crippen molar-refractivity contribution in [1.82, 2.24) is 14.9 Å². The van der Waals surface area contributed by atoms with Gasteiger partial charge in [-0.15, -0.1) is 0 Å². The van der Waals surface area contributed by atoms with Gasteiger partial charge in [0.25, 0.3) is 0 Å². The summed E-state index contributed by atoms with van der Waals surface area (Å²) in [6, 6.07) is 11.1. The van der Waals surface area contributed by atoms with E-state index in [-0.39, 0.29) is 11.9 Å². The van der Waals surface area contributed by atoms with Crippen molar-refractivity contribution in [3.8, 4) is 5.75 Å². The van der Waals surface area contributed by atoms with Crippen LogP contribution < -0.4 is 25.3 Å². The summed E-state index contributed by atoms with van der Waals surface area (Å²) >= 11 is 12.4. The zero-order valence-corrected chi connectivity index (χ0v) is 24.6. The number of nitrogens with one attached hydrogen (secondary N) is 2. The van der Waals surface area contributed by atoms with Gasteiger partial charge in [-0.2, -0.15) is 0 Å². The molecule has 2 saturated heterocycles. The average molecular weight is 599 g/mol. The number of anilines is 5. The minimum Gasteiger partial charge on any atom is -0.494 e. The molecule has 0 spiro atoms. The molecule has 0 radical (unpaired) electrons. The molecule has 3 aromatic rings. The Morgan fingerprint density at radius 2 is 1.93 bits per heavy atom. The summed E-state index contributed by atoms with van der Waals surface area (Å²) in [6.07, 6.45) is 3.49. The highest BCUT2D eigenvalue weighted by molar-refractivity contribution is 6.42. The molecule has 5 rings (SSSR count). The maximum atomic E-state index is 12.4. The van der Waals surface area contributed by atoms with E-state index in [1.807, 2.05) is 24.3 Å². The van der Waals surface area contributed by atoms with E-state index in [9.17, 15) is 4.79 Å². The van der Waals surface area contributed by atoms with E-state index in [0.29, 0.717) is 45.4 Å². The van der Waals surface area contributed by atoms with Crippen LogP contribution >= 0.6 is 23.2 Å². The number of piperazine rings is 1. The molecule has 0 saturated carbocycles. The first-order chi connectivity index (χ1) is 19.9. The summed E-state index contributed by atoms with van der Waals surface area (Å²) in [5, 5.41) is 9.05. The van der Waals surface area contributed by atoms with Gasteiger partial charge in [-0.1, -0.05) is 42.8 Å².